The third-order valence-corrected chi connectivity index (χ3v) is 6.70. The molecule has 29 heavy (non-hydrogen) atoms. The van der Waals surface area contributed by atoms with E-state index in [1.54, 1.807) is 0 Å². The number of carbonyl (C=O) groups excluding carboxylic acids is 4. The number of hydrogen-bond donors (Lipinski definition) is 3. The highest BCUT2D eigenvalue weighted by atomic mass is 32.2. The SMILES string of the molecule is NC1CSC(CCCCC(=O)NCCCCCC(=O)ON2C(=O)CCC2=O)C1N. The van der Waals surface area contributed by atoms with Crippen LogP contribution >= 0.6 is 11.8 Å². The third kappa shape index (κ3) is 7.94. The first-order valence-corrected chi connectivity index (χ1v) is 11.4. The van der Waals surface area contributed by atoms with Gasteiger partial charge < -0.3 is 21.6 Å². The molecule has 0 spiro atoms. The molecule has 0 bridgehead atoms. The molecule has 3 atom stereocenters. The normalized spacial score (nSPS) is 24.2. The van der Waals surface area contributed by atoms with Gasteiger partial charge in [-0.2, -0.15) is 11.8 Å². The summed E-state index contributed by atoms with van der Waals surface area (Å²) >= 11 is 1.83. The van der Waals surface area contributed by atoms with E-state index in [0.29, 0.717) is 29.7 Å². The fourth-order valence-electron chi connectivity index (χ4n) is 3.33. The molecule has 2 rings (SSSR count). The van der Waals surface area contributed by atoms with E-state index in [1.165, 1.54) is 0 Å². The number of nitrogens with one attached hydrogen (secondary N) is 1. The summed E-state index contributed by atoms with van der Waals surface area (Å²) in [7, 11) is 0. The third-order valence-electron chi connectivity index (χ3n) is 5.15. The van der Waals surface area contributed by atoms with E-state index in [2.05, 4.69) is 5.32 Å². The minimum atomic E-state index is -0.585. The maximum absolute atomic E-state index is 11.8. The van der Waals surface area contributed by atoms with Gasteiger partial charge in [0.2, 0.25) is 5.91 Å². The molecule has 3 amide bonds. The fraction of sp³-hybridized carbons (Fsp3) is 0.789. The van der Waals surface area contributed by atoms with Gasteiger partial charge in [-0.05, 0) is 25.7 Å². The number of nitrogens with zero attached hydrogens (tertiary/aromatic N) is 1. The van der Waals surface area contributed by atoms with Gasteiger partial charge in [-0.15, -0.1) is 5.06 Å². The number of unbranched alkanes of at least 4 members (excludes halogenated alkanes) is 3. The maximum Gasteiger partial charge on any atom is 0.333 e. The first-order valence-electron chi connectivity index (χ1n) is 10.3. The molecule has 164 valence electrons. The van der Waals surface area contributed by atoms with Crippen molar-refractivity contribution in [1.82, 2.24) is 10.4 Å². The van der Waals surface area contributed by atoms with Gasteiger partial charge in [0.05, 0.1) is 0 Å². The van der Waals surface area contributed by atoms with Crippen molar-refractivity contribution in [3.05, 3.63) is 0 Å². The molecule has 10 heteroatoms. The number of thioether (sulfide) groups is 1. The van der Waals surface area contributed by atoms with Crippen molar-refractivity contribution in [3.8, 4) is 0 Å². The van der Waals surface area contributed by atoms with Crippen LogP contribution in [0.15, 0.2) is 0 Å². The molecule has 5 N–H and O–H groups in total. The predicted molar refractivity (Wildman–Crippen MR) is 109 cm³/mol. The molecule has 2 heterocycles. The van der Waals surface area contributed by atoms with Gasteiger partial charge in [0.1, 0.15) is 0 Å². The monoisotopic (exact) mass is 428 g/mol. The number of hydroxylamine groups is 2. The minimum absolute atomic E-state index is 0.0375. The molecule has 2 saturated heterocycles. The first-order chi connectivity index (χ1) is 13.9. The van der Waals surface area contributed by atoms with Crippen molar-refractivity contribution in [2.75, 3.05) is 12.3 Å². The Morgan fingerprint density at radius 3 is 2.38 bits per heavy atom. The van der Waals surface area contributed by atoms with Crippen LogP contribution in [-0.2, 0) is 24.0 Å². The lowest BCUT2D eigenvalue weighted by Gasteiger charge is -2.16. The summed E-state index contributed by atoms with van der Waals surface area (Å²) in [5.74, 6) is -0.577. The Bertz CT molecular complexity index is 587. The first kappa shape index (κ1) is 23.6. The molecule has 0 aliphatic carbocycles. The van der Waals surface area contributed by atoms with E-state index in [-0.39, 0.29) is 37.3 Å². The Morgan fingerprint density at radius 2 is 1.72 bits per heavy atom. The van der Waals surface area contributed by atoms with Gasteiger partial charge in [-0.1, -0.05) is 12.8 Å². The van der Waals surface area contributed by atoms with Gasteiger partial charge in [-0.3, -0.25) is 14.4 Å². The largest absolute Gasteiger partial charge is 0.356 e. The van der Waals surface area contributed by atoms with Crippen LogP contribution in [0.4, 0.5) is 0 Å². The summed E-state index contributed by atoms with van der Waals surface area (Å²) in [6, 6.07) is 0.141. The van der Waals surface area contributed by atoms with Gasteiger partial charge in [-0.25, -0.2) is 4.79 Å². The highest BCUT2D eigenvalue weighted by molar-refractivity contribution is 8.00. The minimum Gasteiger partial charge on any atom is -0.356 e. The molecule has 9 nitrogen and oxygen atoms in total. The summed E-state index contributed by atoms with van der Waals surface area (Å²) in [6.45, 7) is 0.565. The van der Waals surface area contributed by atoms with Crippen LogP contribution in [0.25, 0.3) is 0 Å². The number of carbonyl (C=O) groups is 4. The maximum atomic E-state index is 11.8. The summed E-state index contributed by atoms with van der Waals surface area (Å²) < 4.78 is 0. The van der Waals surface area contributed by atoms with E-state index in [1.807, 2.05) is 11.8 Å². The highest BCUT2D eigenvalue weighted by Crippen LogP contribution is 2.29. The van der Waals surface area contributed by atoms with Crippen molar-refractivity contribution in [3.63, 3.8) is 0 Å². The molecule has 3 unspecified atom stereocenters. The summed E-state index contributed by atoms with van der Waals surface area (Å²) in [4.78, 5) is 51.0. The quantitative estimate of drug-likeness (QED) is 0.303. The van der Waals surface area contributed by atoms with Crippen LogP contribution in [0.3, 0.4) is 0 Å². The van der Waals surface area contributed by atoms with Crippen LogP contribution in [-0.4, -0.2) is 58.4 Å². The van der Waals surface area contributed by atoms with Gasteiger partial charge in [0.25, 0.3) is 11.8 Å². The number of imide groups is 1. The number of nitrogens with two attached hydrogens (primary N) is 2. The van der Waals surface area contributed by atoms with Crippen LogP contribution in [0.5, 0.6) is 0 Å². The smallest absolute Gasteiger partial charge is 0.333 e. The zero-order chi connectivity index (χ0) is 21.2. The average Bonchev–Trinajstić information content (AvgIpc) is 3.18. The number of hydrogen-bond acceptors (Lipinski definition) is 8. The second kappa shape index (κ2) is 12.1. The lowest BCUT2D eigenvalue weighted by atomic mass is 10.0. The molecule has 0 radical (unpaired) electrons. The van der Waals surface area contributed by atoms with Crippen LogP contribution < -0.4 is 16.8 Å². The average molecular weight is 429 g/mol. The Hall–Kier alpha value is -1.65. The molecule has 0 aromatic heterocycles. The van der Waals surface area contributed by atoms with Crippen molar-refractivity contribution in [2.45, 2.75) is 81.5 Å². The van der Waals surface area contributed by atoms with E-state index in [4.69, 9.17) is 16.3 Å². The van der Waals surface area contributed by atoms with Crippen molar-refractivity contribution in [1.29, 1.82) is 0 Å². The van der Waals surface area contributed by atoms with Crippen molar-refractivity contribution >= 4 is 35.5 Å². The topological polar surface area (TPSA) is 145 Å². The summed E-state index contributed by atoms with van der Waals surface area (Å²) in [5.41, 5.74) is 12.0. The Morgan fingerprint density at radius 1 is 1.03 bits per heavy atom. The van der Waals surface area contributed by atoms with Crippen LogP contribution in [0.1, 0.15) is 64.2 Å². The van der Waals surface area contributed by atoms with Gasteiger partial charge in [0, 0.05) is 55.3 Å². The molecular weight excluding hydrogens is 396 g/mol. The van der Waals surface area contributed by atoms with E-state index in [0.717, 1.165) is 37.9 Å². The Labute approximate surface area is 175 Å². The molecule has 0 aromatic rings. The Balaban J connectivity index is 1.42. The zero-order valence-electron chi connectivity index (χ0n) is 16.8. The highest BCUT2D eigenvalue weighted by Gasteiger charge is 2.32. The number of amides is 3. The van der Waals surface area contributed by atoms with Crippen molar-refractivity contribution < 1.29 is 24.0 Å². The second-order valence-corrected chi connectivity index (χ2v) is 8.84. The fourth-order valence-corrected chi connectivity index (χ4v) is 4.78. The van der Waals surface area contributed by atoms with Gasteiger partial charge >= 0.3 is 5.97 Å². The number of rotatable bonds is 12. The summed E-state index contributed by atoms with van der Waals surface area (Å²) in [6.07, 6.45) is 5.70. The van der Waals surface area contributed by atoms with Gasteiger partial charge in [0.15, 0.2) is 0 Å². The van der Waals surface area contributed by atoms with E-state index in [9.17, 15) is 19.2 Å². The Kier molecular flexibility index (Phi) is 9.89. The van der Waals surface area contributed by atoms with Crippen LogP contribution in [0.2, 0.25) is 0 Å². The second-order valence-electron chi connectivity index (χ2n) is 7.56. The van der Waals surface area contributed by atoms with E-state index < -0.39 is 17.8 Å². The van der Waals surface area contributed by atoms with Crippen molar-refractivity contribution in [2.24, 2.45) is 11.5 Å². The molecule has 2 fully saturated rings. The zero-order valence-corrected chi connectivity index (χ0v) is 17.6. The molecule has 2 aliphatic rings. The molecule has 2 aliphatic heterocycles. The lowest BCUT2D eigenvalue weighted by molar-refractivity contribution is -0.197. The molecule has 0 aromatic carbocycles. The molecule has 0 saturated carbocycles. The standard InChI is InChI=1S/C19H32N4O5S/c20-13-12-29-14(19(13)21)6-3-4-7-15(24)22-11-5-1-2-8-18(27)28-23-16(25)9-10-17(23)26/h13-14,19H,1-12,20-21H2,(H,22,24). The lowest BCUT2D eigenvalue weighted by Crippen LogP contribution is -2.43. The van der Waals surface area contributed by atoms with Crippen LogP contribution in [0, 0.1) is 0 Å². The van der Waals surface area contributed by atoms with E-state index >= 15 is 0 Å². The summed E-state index contributed by atoms with van der Waals surface area (Å²) in [5, 5.41) is 3.85. The predicted octanol–water partition coefficient (Wildman–Crippen LogP) is 0.601. The molecular formula is C19H32N4O5S.